The molecule has 1 atom stereocenters. The van der Waals surface area contributed by atoms with Gasteiger partial charge < -0.3 is 5.32 Å². The highest BCUT2D eigenvalue weighted by molar-refractivity contribution is 7.13. The number of thiazole rings is 1. The second kappa shape index (κ2) is 8.53. The summed E-state index contributed by atoms with van der Waals surface area (Å²) in [7, 11) is 0. The van der Waals surface area contributed by atoms with E-state index in [4.69, 9.17) is 0 Å². The van der Waals surface area contributed by atoms with Crippen LogP contribution in [0.4, 0.5) is 5.82 Å². The lowest BCUT2D eigenvalue weighted by Crippen LogP contribution is -2.39. The lowest BCUT2D eigenvalue weighted by Gasteiger charge is -2.30. The summed E-state index contributed by atoms with van der Waals surface area (Å²) >= 11 is 1.49. The molecule has 8 heteroatoms. The van der Waals surface area contributed by atoms with Gasteiger partial charge in [-0.3, -0.25) is 14.7 Å². The van der Waals surface area contributed by atoms with Gasteiger partial charge in [0.15, 0.2) is 5.82 Å². The van der Waals surface area contributed by atoms with Gasteiger partial charge in [0.05, 0.1) is 6.54 Å². The van der Waals surface area contributed by atoms with Gasteiger partial charge in [0.1, 0.15) is 22.2 Å². The zero-order valence-electron chi connectivity index (χ0n) is 15.7. The van der Waals surface area contributed by atoms with Crippen molar-refractivity contribution in [3.63, 3.8) is 0 Å². The Balaban J connectivity index is 1.57. The highest BCUT2D eigenvalue weighted by atomic mass is 32.1. The van der Waals surface area contributed by atoms with Crippen molar-refractivity contribution in [3.8, 4) is 22.2 Å². The minimum Gasteiger partial charge on any atom is -0.309 e. The van der Waals surface area contributed by atoms with E-state index >= 15 is 0 Å². The van der Waals surface area contributed by atoms with Crippen molar-refractivity contribution in [2.75, 3.05) is 25.0 Å². The van der Waals surface area contributed by atoms with Crippen LogP contribution in [0.3, 0.4) is 0 Å². The summed E-state index contributed by atoms with van der Waals surface area (Å²) in [4.78, 5) is 32.6. The molecule has 1 unspecified atom stereocenters. The standard InChI is InChI=1S/C20H22N6OS/c1-14-5-4-9-26(12-14)13-18(27)24-17-11-16(20-22-8-10-28-20)23-19(25-17)15-6-2-3-7-21-15/h2-3,6-8,10-11,14H,4-5,9,12-13H2,1H3,(H,23,24,25,27). The smallest absolute Gasteiger partial charge is 0.239 e. The van der Waals surface area contributed by atoms with Crippen molar-refractivity contribution >= 4 is 23.1 Å². The molecule has 3 aromatic heterocycles. The van der Waals surface area contributed by atoms with Gasteiger partial charge in [0.25, 0.3) is 0 Å². The molecule has 0 aliphatic carbocycles. The maximum atomic E-state index is 12.6. The molecule has 1 N–H and O–H groups in total. The summed E-state index contributed by atoms with van der Waals surface area (Å²) in [6.07, 6.45) is 5.80. The molecule has 0 saturated carbocycles. The first-order chi connectivity index (χ1) is 13.7. The predicted octanol–water partition coefficient (Wildman–Crippen LogP) is 3.33. The Hall–Kier alpha value is -2.71. The fourth-order valence-corrected chi connectivity index (χ4v) is 3.99. The van der Waals surface area contributed by atoms with Crippen LogP contribution in [0, 0.1) is 5.92 Å². The number of carbonyl (C=O) groups is 1. The summed E-state index contributed by atoms with van der Waals surface area (Å²) < 4.78 is 0. The second-order valence-corrected chi connectivity index (χ2v) is 7.94. The third-order valence-electron chi connectivity index (χ3n) is 4.65. The Bertz CT molecular complexity index is 931. The molecule has 0 spiro atoms. The first kappa shape index (κ1) is 18.6. The van der Waals surface area contributed by atoms with E-state index in [-0.39, 0.29) is 5.91 Å². The zero-order chi connectivity index (χ0) is 19.3. The largest absolute Gasteiger partial charge is 0.309 e. The molecule has 0 aromatic carbocycles. The van der Waals surface area contributed by atoms with Gasteiger partial charge in [0, 0.05) is 30.4 Å². The molecular weight excluding hydrogens is 372 g/mol. The molecule has 1 amide bonds. The number of carbonyl (C=O) groups excluding carboxylic acids is 1. The maximum Gasteiger partial charge on any atom is 0.239 e. The molecule has 3 aromatic rings. The van der Waals surface area contributed by atoms with Crippen molar-refractivity contribution in [2.45, 2.75) is 19.8 Å². The van der Waals surface area contributed by atoms with Gasteiger partial charge in [-0.2, -0.15) is 0 Å². The van der Waals surface area contributed by atoms with Crippen molar-refractivity contribution in [1.29, 1.82) is 0 Å². The molecule has 0 bridgehead atoms. The number of likely N-dealkylation sites (tertiary alicyclic amines) is 1. The molecule has 28 heavy (non-hydrogen) atoms. The SMILES string of the molecule is CC1CCCN(CC(=O)Nc2cc(-c3nccs3)nc(-c3ccccn3)n2)C1. The average molecular weight is 395 g/mol. The topological polar surface area (TPSA) is 83.9 Å². The van der Waals surface area contributed by atoms with Crippen LogP contribution >= 0.6 is 11.3 Å². The summed E-state index contributed by atoms with van der Waals surface area (Å²) in [5.41, 5.74) is 1.33. The Kier molecular flexibility index (Phi) is 5.68. The zero-order valence-corrected chi connectivity index (χ0v) is 16.5. The summed E-state index contributed by atoms with van der Waals surface area (Å²) in [5.74, 6) is 1.50. The number of pyridine rings is 1. The van der Waals surface area contributed by atoms with Crippen molar-refractivity contribution in [2.24, 2.45) is 5.92 Å². The van der Waals surface area contributed by atoms with E-state index in [9.17, 15) is 4.79 Å². The Labute approximate surface area is 167 Å². The van der Waals surface area contributed by atoms with E-state index in [0.29, 0.717) is 35.5 Å². The normalized spacial score (nSPS) is 17.4. The number of amides is 1. The fraction of sp³-hybridized carbons (Fsp3) is 0.350. The molecule has 144 valence electrons. The summed E-state index contributed by atoms with van der Waals surface area (Å²) in [6.45, 7) is 4.53. The van der Waals surface area contributed by atoms with E-state index in [1.165, 1.54) is 17.8 Å². The third-order valence-corrected chi connectivity index (χ3v) is 5.44. The van der Waals surface area contributed by atoms with Crippen LogP contribution in [0.5, 0.6) is 0 Å². The predicted molar refractivity (Wildman–Crippen MR) is 110 cm³/mol. The molecule has 0 radical (unpaired) electrons. The number of hydrogen-bond acceptors (Lipinski definition) is 7. The molecule has 1 aliphatic rings. The average Bonchev–Trinajstić information content (AvgIpc) is 3.23. The van der Waals surface area contributed by atoms with E-state index < -0.39 is 0 Å². The number of anilines is 1. The van der Waals surface area contributed by atoms with Gasteiger partial charge in [-0.05, 0) is 37.4 Å². The second-order valence-electron chi connectivity index (χ2n) is 7.04. The fourth-order valence-electron chi connectivity index (χ4n) is 3.40. The van der Waals surface area contributed by atoms with E-state index in [0.717, 1.165) is 24.5 Å². The van der Waals surface area contributed by atoms with Gasteiger partial charge in [-0.25, -0.2) is 15.0 Å². The molecule has 7 nitrogen and oxygen atoms in total. The molecular formula is C20H22N6OS. The highest BCUT2D eigenvalue weighted by Crippen LogP contribution is 2.25. The van der Waals surface area contributed by atoms with Gasteiger partial charge in [-0.15, -0.1) is 11.3 Å². The van der Waals surface area contributed by atoms with Gasteiger partial charge >= 0.3 is 0 Å². The number of rotatable bonds is 5. The van der Waals surface area contributed by atoms with Crippen LogP contribution in [0.25, 0.3) is 22.2 Å². The molecule has 4 heterocycles. The minimum atomic E-state index is -0.0649. The number of hydrogen-bond donors (Lipinski definition) is 1. The first-order valence-corrected chi connectivity index (χ1v) is 10.3. The number of piperidine rings is 1. The van der Waals surface area contributed by atoms with Crippen molar-refractivity contribution < 1.29 is 4.79 Å². The Morgan fingerprint density at radius 2 is 2.18 bits per heavy atom. The lowest BCUT2D eigenvalue weighted by molar-refractivity contribution is -0.117. The number of aromatic nitrogens is 4. The van der Waals surface area contributed by atoms with Crippen molar-refractivity contribution in [1.82, 2.24) is 24.8 Å². The summed E-state index contributed by atoms with van der Waals surface area (Å²) in [5, 5.41) is 5.61. The summed E-state index contributed by atoms with van der Waals surface area (Å²) in [6, 6.07) is 7.34. The highest BCUT2D eigenvalue weighted by Gasteiger charge is 2.19. The third kappa shape index (κ3) is 4.58. The molecule has 1 aliphatic heterocycles. The lowest BCUT2D eigenvalue weighted by atomic mass is 10.0. The van der Waals surface area contributed by atoms with Crippen LogP contribution in [0.2, 0.25) is 0 Å². The maximum absolute atomic E-state index is 12.6. The van der Waals surface area contributed by atoms with E-state index in [1.807, 2.05) is 23.6 Å². The van der Waals surface area contributed by atoms with E-state index in [2.05, 4.69) is 37.1 Å². The Morgan fingerprint density at radius 1 is 1.25 bits per heavy atom. The van der Waals surface area contributed by atoms with Crippen LogP contribution in [0.15, 0.2) is 42.0 Å². The monoisotopic (exact) mass is 394 g/mol. The molecule has 4 rings (SSSR count). The van der Waals surface area contributed by atoms with E-state index in [1.54, 1.807) is 18.5 Å². The number of nitrogens with zero attached hydrogens (tertiary/aromatic N) is 5. The van der Waals surface area contributed by atoms with Gasteiger partial charge in [0.2, 0.25) is 5.91 Å². The number of nitrogens with one attached hydrogen (secondary N) is 1. The quantitative estimate of drug-likeness (QED) is 0.715. The van der Waals surface area contributed by atoms with Crippen LogP contribution < -0.4 is 5.32 Å². The first-order valence-electron chi connectivity index (χ1n) is 9.40. The Morgan fingerprint density at radius 3 is 2.93 bits per heavy atom. The minimum absolute atomic E-state index is 0.0649. The van der Waals surface area contributed by atoms with Crippen LogP contribution in [-0.2, 0) is 4.79 Å². The van der Waals surface area contributed by atoms with Crippen LogP contribution in [-0.4, -0.2) is 50.4 Å². The molecule has 1 saturated heterocycles. The van der Waals surface area contributed by atoms with Crippen LogP contribution in [0.1, 0.15) is 19.8 Å². The van der Waals surface area contributed by atoms with Crippen molar-refractivity contribution in [3.05, 3.63) is 42.0 Å². The molecule has 1 fully saturated rings. The van der Waals surface area contributed by atoms with Gasteiger partial charge in [-0.1, -0.05) is 13.0 Å².